The number of halogens is 1. The van der Waals surface area contributed by atoms with E-state index in [9.17, 15) is 14.3 Å². The topological polar surface area (TPSA) is 93.4 Å². The van der Waals surface area contributed by atoms with Gasteiger partial charge in [-0.05, 0) is 50.6 Å². The number of fused-ring (bicyclic) bond motifs is 2. The summed E-state index contributed by atoms with van der Waals surface area (Å²) >= 11 is 0. The van der Waals surface area contributed by atoms with Crippen LogP contribution in [0.15, 0.2) is 48.8 Å². The number of amides is 1. The van der Waals surface area contributed by atoms with Crippen LogP contribution in [0, 0.1) is 5.82 Å². The molecule has 174 valence electrons. The third kappa shape index (κ3) is 3.67. The SMILES string of the molecule is C[C@H]1Oc2c(F)cccc2N(Cc2c3cc(-c4cnc(C(C)(C)O)nc4)ccc3nn2C)C1=O. The highest BCUT2D eigenvalue weighted by molar-refractivity contribution is 6.00. The maximum atomic E-state index is 14.4. The number of anilines is 1. The first kappa shape index (κ1) is 22.0. The fraction of sp³-hybridized carbons (Fsp3) is 0.280. The van der Waals surface area contributed by atoms with Crippen LogP contribution < -0.4 is 9.64 Å². The second-order valence-electron chi connectivity index (χ2n) is 8.93. The number of carbonyl (C=O) groups excluding carboxylic acids is 1. The van der Waals surface area contributed by atoms with Gasteiger partial charge >= 0.3 is 0 Å². The molecule has 1 aliphatic heterocycles. The normalized spacial score (nSPS) is 16.0. The molecule has 0 unspecified atom stereocenters. The van der Waals surface area contributed by atoms with Gasteiger partial charge in [0, 0.05) is 30.4 Å². The van der Waals surface area contributed by atoms with Crippen molar-refractivity contribution in [1.82, 2.24) is 19.7 Å². The van der Waals surface area contributed by atoms with E-state index < -0.39 is 17.5 Å². The van der Waals surface area contributed by atoms with E-state index in [1.807, 2.05) is 25.2 Å². The van der Waals surface area contributed by atoms with Crippen molar-refractivity contribution in [3.05, 3.63) is 66.1 Å². The van der Waals surface area contributed by atoms with E-state index in [2.05, 4.69) is 15.1 Å². The van der Waals surface area contributed by atoms with Crippen molar-refractivity contribution in [2.45, 2.75) is 39.0 Å². The lowest BCUT2D eigenvalue weighted by Crippen LogP contribution is -2.44. The van der Waals surface area contributed by atoms with E-state index in [4.69, 9.17) is 4.74 Å². The van der Waals surface area contributed by atoms with Crippen molar-refractivity contribution >= 4 is 22.5 Å². The highest BCUT2D eigenvalue weighted by Gasteiger charge is 2.34. The van der Waals surface area contributed by atoms with Crippen molar-refractivity contribution in [3.63, 3.8) is 0 Å². The van der Waals surface area contributed by atoms with Crippen molar-refractivity contribution < 1.29 is 19.0 Å². The second kappa shape index (κ2) is 7.88. The first-order valence-corrected chi connectivity index (χ1v) is 10.9. The molecule has 1 amide bonds. The number of aromatic nitrogens is 4. The number of hydrogen-bond acceptors (Lipinski definition) is 6. The number of rotatable bonds is 4. The van der Waals surface area contributed by atoms with Gasteiger partial charge in [0.15, 0.2) is 23.5 Å². The van der Waals surface area contributed by atoms with Gasteiger partial charge < -0.3 is 9.84 Å². The third-order valence-corrected chi connectivity index (χ3v) is 5.94. The van der Waals surface area contributed by atoms with Crippen LogP contribution in [-0.4, -0.2) is 36.9 Å². The highest BCUT2D eigenvalue weighted by atomic mass is 19.1. The van der Waals surface area contributed by atoms with E-state index >= 15 is 0 Å². The molecule has 9 heteroatoms. The largest absolute Gasteiger partial charge is 0.476 e. The molecule has 3 heterocycles. The van der Waals surface area contributed by atoms with Crippen molar-refractivity contribution in [3.8, 4) is 16.9 Å². The van der Waals surface area contributed by atoms with Gasteiger partial charge in [-0.1, -0.05) is 12.1 Å². The summed E-state index contributed by atoms with van der Waals surface area (Å²) < 4.78 is 21.7. The predicted octanol–water partition coefficient (Wildman–Crippen LogP) is 3.71. The number of carbonyl (C=O) groups is 1. The van der Waals surface area contributed by atoms with E-state index in [0.29, 0.717) is 11.5 Å². The predicted molar refractivity (Wildman–Crippen MR) is 125 cm³/mol. The first-order chi connectivity index (χ1) is 16.1. The van der Waals surface area contributed by atoms with Gasteiger partial charge in [-0.15, -0.1) is 0 Å². The third-order valence-electron chi connectivity index (χ3n) is 5.94. The summed E-state index contributed by atoms with van der Waals surface area (Å²) in [5, 5.41) is 15.6. The van der Waals surface area contributed by atoms with Crippen molar-refractivity contribution in [2.75, 3.05) is 4.90 Å². The minimum atomic E-state index is -1.13. The lowest BCUT2D eigenvalue weighted by atomic mass is 10.0. The molecule has 0 radical (unpaired) electrons. The minimum absolute atomic E-state index is 0.0748. The zero-order chi connectivity index (χ0) is 24.2. The standard InChI is InChI=1S/C25H24FN5O3/c1-14-23(32)31(20-7-5-6-18(26)22(20)34-14)13-21-17-10-15(8-9-19(17)29-30(21)4)16-11-27-24(28-12-16)25(2,3)33/h5-12,14,33H,13H2,1-4H3/t14-/m1/s1. The molecule has 4 aromatic rings. The lowest BCUT2D eigenvalue weighted by Gasteiger charge is -2.33. The molecule has 1 N–H and O–H groups in total. The number of aliphatic hydroxyl groups is 1. The van der Waals surface area contributed by atoms with Crippen LogP contribution in [0.4, 0.5) is 10.1 Å². The first-order valence-electron chi connectivity index (χ1n) is 10.9. The summed E-state index contributed by atoms with van der Waals surface area (Å²) in [6, 6.07) is 10.3. The van der Waals surface area contributed by atoms with E-state index in [0.717, 1.165) is 27.7 Å². The molecule has 0 aliphatic carbocycles. The van der Waals surface area contributed by atoms with E-state index in [-0.39, 0.29) is 18.2 Å². The van der Waals surface area contributed by atoms with Crippen LogP contribution >= 0.6 is 0 Å². The Morgan fingerprint density at radius 2 is 1.88 bits per heavy atom. The van der Waals surface area contributed by atoms with E-state index in [1.165, 1.54) is 11.0 Å². The number of ether oxygens (including phenoxy) is 1. The van der Waals surface area contributed by atoms with Gasteiger partial charge in [0.1, 0.15) is 5.60 Å². The zero-order valence-corrected chi connectivity index (χ0v) is 19.3. The van der Waals surface area contributed by atoms with Crippen LogP contribution in [0.1, 0.15) is 32.3 Å². The quantitative estimate of drug-likeness (QED) is 0.498. The molecule has 5 rings (SSSR count). The van der Waals surface area contributed by atoms with Crippen LogP contribution in [0.2, 0.25) is 0 Å². The monoisotopic (exact) mass is 461 g/mol. The smallest absolute Gasteiger partial charge is 0.268 e. The number of nitrogens with zero attached hydrogens (tertiary/aromatic N) is 5. The van der Waals surface area contributed by atoms with Crippen LogP contribution in [0.25, 0.3) is 22.0 Å². The molecule has 2 aromatic heterocycles. The molecule has 0 fully saturated rings. The van der Waals surface area contributed by atoms with Crippen molar-refractivity contribution in [1.29, 1.82) is 0 Å². The van der Waals surface area contributed by atoms with Gasteiger partial charge in [0.25, 0.3) is 5.91 Å². The van der Waals surface area contributed by atoms with Crippen molar-refractivity contribution in [2.24, 2.45) is 7.05 Å². The Labute approximate surface area is 195 Å². The Morgan fingerprint density at radius 3 is 2.59 bits per heavy atom. The molecule has 2 aromatic carbocycles. The summed E-state index contributed by atoms with van der Waals surface area (Å²) in [7, 11) is 1.82. The summed E-state index contributed by atoms with van der Waals surface area (Å²) in [6.45, 7) is 5.08. The van der Waals surface area contributed by atoms with Gasteiger partial charge in [-0.2, -0.15) is 5.10 Å². The molecule has 0 saturated carbocycles. The van der Waals surface area contributed by atoms with Gasteiger partial charge in [-0.25, -0.2) is 14.4 Å². The molecule has 8 nitrogen and oxygen atoms in total. The molecule has 1 aliphatic rings. The molecule has 0 spiro atoms. The number of benzene rings is 2. The van der Waals surface area contributed by atoms with Gasteiger partial charge in [-0.3, -0.25) is 14.4 Å². The minimum Gasteiger partial charge on any atom is -0.476 e. The zero-order valence-electron chi connectivity index (χ0n) is 19.3. The van der Waals surface area contributed by atoms with Gasteiger partial charge in [0.05, 0.1) is 23.4 Å². The lowest BCUT2D eigenvalue weighted by molar-refractivity contribution is -0.125. The average molecular weight is 461 g/mol. The highest BCUT2D eigenvalue weighted by Crippen LogP contribution is 2.38. The average Bonchev–Trinajstić information content (AvgIpc) is 3.11. The summed E-state index contributed by atoms with van der Waals surface area (Å²) in [5.41, 5.74) is 2.48. The van der Waals surface area contributed by atoms with E-state index in [1.54, 1.807) is 50.0 Å². The number of hydrogen-bond donors (Lipinski definition) is 1. The molecular weight excluding hydrogens is 437 g/mol. The molecule has 0 bridgehead atoms. The Bertz CT molecular complexity index is 1410. The van der Waals surface area contributed by atoms with Crippen LogP contribution in [0.3, 0.4) is 0 Å². The fourth-order valence-corrected chi connectivity index (χ4v) is 4.12. The maximum absolute atomic E-state index is 14.4. The summed E-state index contributed by atoms with van der Waals surface area (Å²) in [5.74, 6) is -0.344. The van der Waals surface area contributed by atoms with Gasteiger partial charge in [0.2, 0.25) is 0 Å². The summed E-state index contributed by atoms with van der Waals surface area (Å²) in [4.78, 5) is 23.1. The fourth-order valence-electron chi connectivity index (χ4n) is 4.12. The summed E-state index contributed by atoms with van der Waals surface area (Å²) in [6.07, 6.45) is 2.54. The molecule has 0 saturated heterocycles. The molecule has 34 heavy (non-hydrogen) atoms. The Balaban J connectivity index is 1.56. The second-order valence-corrected chi connectivity index (χ2v) is 8.93. The molecule has 1 atom stereocenters. The number of aryl methyl sites for hydroxylation is 1. The van der Waals surface area contributed by atoms with Crippen LogP contribution in [-0.2, 0) is 24.0 Å². The molecular formula is C25H24FN5O3. The number of para-hydroxylation sites is 1. The Kier molecular flexibility index (Phi) is 5.09. The Morgan fingerprint density at radius 1 is 1.15 bits per heavy atom. The van der Waals surface area contributed by atoms with Crippen LogP contribution in [0.5, 0.6) is 5.75 Å². The Hall–Kier alpha value is -3.85. The maximum Gasteiger partial charge on any atom is 0.268 e.